The minimum absolute atomic E-state index is 0.223. The maximum atomic E-state index is 13.7. The largest absolute Gasteiger partial charge is 0.490 e. The molecule has 0 radical (unpaired) electrons. The Labute approximate surface area is 276 Å². The van der Waals surface area contributed by atoms with Gasteiger partial charge in [-0.25, -0.2) is 0 Å². The number of methoxy groups -OCH3 is 1. The third-order valence-electron chi connectivity index (χ3n) is 8.48. The van der Waals surface area contributed by atoms with Gasteiger partial charge in [0.05, 0.1) is 20.3 Å². The Morgan fingerprint density at radius 3 is 2.06 bits per heavy atom. The predicted octanol–water partition coefficient (Wildman–Crippen LogP) is 7.18. The lowest BCUT2D eigenvalue weighted by Gasteiger charge is -2.27. The van der Waals surface area contributed by atoms with Gasteiger partial charge in [0.25, 0.3) is 0 Å². The van der Waals surface area contributed by atoms with E-state index in [1.54, 1.807) is 13.2 Å². The number of rotatable bonds is 14. The average molecular weight is 635 g/mol. The van der Waals surface area contributed by atoms with Gasteiger partial charge in [-0.15, -0.1) is 0 Å². The van der Waals surface area contributed by atoms with Crippen LogP contribution in [0.4, 0.5) is 5.69 Å². The average Bonchev–Trinajstić information content (AvgIpc) is 3.12. The highest BCUT2D eigenvalue weighted by Gasteiger charge is 2.22. The fraction of sp³-hybridized carbons (Fsp3) is 0.308. The summed E-state index contributed by atoms with van der Waals surface area (Å²) in [7, 11) is 3.66. The first kappa shape index (κ1) is 32.2. The Bertz CT molecular complexity index is 1780. The fourth-order valence-electron chi connectivity index (χ4n) is 5.80. The number of anilines is 1. The van der Waals surface area contributed by atoms with Crippen LogP contribution in [-0.2, 0) is 18.0 Å². The van der Waals surface area contributed by atoms with Crippen molar-refractivity contribution in [3.05, 3.63) is 118 Å². The summed E-state index contributed by atoms with van der Waals surface area (Å²) in [4.78, 5) is 18.5. The highest BCUT2D eigenvalue weighted by Crippen LogP contribution is 2.42. The van der Waals surface area contributed by atoms with Crippen molar-refractivity contribution >= 4 is 16.7 Å². The molecular formula is C39H42N2O6. The topological polar surface area (TPSA) is 73.6 Å². The monoisotopic (exact) mass is 634 g/mol. The molecule has 8 heteroatoms. The number of morpholine rings is 1. The van der Waals surface area contributed by atoms with Crippen LogP contribution in [0.15, 0.2) is 106 Å². The van der Waals surface area contributed by atoms with Crippen LogP contribution in [0.3, 0.4) is 0 Å². The standard InChI is InChI=1S/C39H42N2O6/c1-40(19-9-10-20-41-21-23-44-24-22-41)32-17-15-31(16-18-32)34-25-33(42)37-35(45-27-29-11-5-3-6-12-29)26-36(38(43-2)39(37)47-34)46-28-30-13-7-4-8-14-30/h3-8,11-18,25-26H,9-10,19-24,27-28H2,1-2H3. The molecule has 5 aromatic rings. The number of hydrogen-bond donors (Lipinski definition) is 0. The second-order valence-electron chi connectivity index (χ2n) is 11.8. The molecule has 1 fully saturated rings. The molecule has 0 spiro atoms. The van der Waals surface area contributed by atoms with E-state index in [2.05, 4.69) is 29.0 Å². The van der Waals surface area contributed by atoms with Gasteiger partial charge in [-0.2, -0.15) is 0 Å². The maximum Gasteiger partial charge on any atom is 0.205 e. The molecule has 1 aromatic heterocycles. The summed E-state index contributed by atoms with van der Waals surface area (Å²) in [5, 5.41) is 0.307. The van der Waals surface area contributed by atoms with E-state index < -0.39 is 0 Å². The zero-order valence-corrected chi connectivity index (χ0v) is 27.2. The third kappa shape index (κ3) is 8.14. The highest BCUT2D eigenvalue weighted by molar-refractivity contribution is 5.92. The zero-order chi connectivity index (χ0) is 32.4. The Morgan fingerprint density at radius 2 is 1.43 bits per heavy atom. The van der Waals surface area contributed by atoms with Crippen molar-refractivity contribution in [1.29, 1.82) is 0 Å². The lowest BCUT2D eigenvalue weighted by Crippen LogP contribution is -2.37. The molecule has 0 aliphatic carbocycles. The summed E-state index contributed by atoms with van der Waals surface area (Å²) >= 11 is 0. The minimum atomic E-state index is -0.223. The van der Waals surface area contributed by atoms with Gasteiger partial charge in [-0.05, 0) is 54.8 Å². The lowest BCUT2D eigenvalue weighted by molar-refractivity contribution is 0.0372. The quantitative estimate of drug-likeness (QED) is 0.119. The minimum Gasteiger partial charge on any atom is -0.490 e. The van der Waals surface area contributed by atoms with E-state index in [0.29, 0.717) is 35.0 Å². The summed E-state index contributed by atoms with van der Waals surface area (Å²) in [5.74, 6) is 1.58. The molecular weight excluding hydrogens is 592 g/mol. The number of fused-ring (bicyclic) bond motifs is 1. The smallest absolute Gasteiger partial charge is 0.205 e. The van der Waals surface area contributed by atoms with Crippen LogP contribution in [0.1, 0.15) is 24.0 Å². The molecule has 0 bridgehead atoms. The van der Waals surface area contributed by atoms with Crippen molar-refractivity contribution in [2.75, 3.05) is 58.5 Å². The number of hydrogen-bond acceptors (Lipinski definition) is 8. The Kier molecular flexibility index (Phi) is 10.7. The van der Waals surface area contributed by atoms with Crippen molar-refractivity contribution in [2.24, 2.45) is 0 Å². The normalized spacial score (nSPS) is 13.4. The van der Waals surface area contributed by atoms with Gasteiger partial charge >= 0.3 is 0 Å². The molecule has 6 rings (SSSR count). The zero-order valence-electron chi connectivity index (χ0n) is 27.2. The van der Waals surface area contributed by atoms with E-state index in [1.165, 1.54) is 6.07 Å². The van der Waals surface area contributed by atoms with Gasteiger partial charge in [0.2, 0.25) is 5.75 Å². The summed E-state index contributed by atoms with van der Waals surface area (Å²) in [6.07, 6.45) is 2.26. The first-order valence-corrected chi connectivity index (χ1v) is 16.2. The first-order valence-electron chi connectivity index (χ1n) is 16.2. The Hall–Kier alpha value is -4.79. The Balaban J connectivity index is 1.25. The number of benzene rings is 4. The van der Waals surface area contributed by atoms with Crippen LogP contribution in [0, 0.1) is 0 Å². The summed E-state index contributed by atoms with van der Waals surface area (Å²) in [6.45, 7) is 6.39. The lowest BCUT2D eigenvalue weighted by atomic mass is 10.1. The molecule has 1 aliphatic rings. The van der Waals surface area contributed by atoms with E-state index in [0.717, 1.165) is 74.6 Å². The molecule has 4 aromatic carbocycles. The van der Waals surface area contributed by atoms with Crippen LogP contribution in [-0.4, -0.2) is 58.5 Å². The summed E-state index contributed by atoms with van der Waals surface area (Å²) in [5.41, 5.74) is 3.93. The van der Waals surface area contributed by atoms with Crippen LogP contribution < -0.4 is 24.5 Å². The summed E-state index contributed by atoms with van der Waals surface area (Å²) < 4.78 is 30.2. The van der Waals surface area contributed by atoms with Crippen LogP contribution >= 0.6 is 0 Å². The van der Waals surface area contributed by atoms with Gasteiger partial charge in [-0.3, -0.25) is 9.69 Å². The second kappa shape index (κ2) is 15.7. The van der Waals surface area contributed by atoms with E-state index >= 15 is 0 Å². The van der Waals surface area contributed by atoms with Gasteiger partial charge in [-0.1, -0.05) is 60.7 Å². The van der Waals surface area contributed by atoms with Crippen molar-refractivity contribution < 1.29 is 23.4 Å². The van der Waals surface area contributed by atoms with Crippen LogP contribution in [0.2, 0.25) is 0 Å². The molecule has 0 atom stereocenters. The molecule has 0 N–H and O–H groups in total. The van der Waals surface area contributed by atoms with Crippen LogP contribution in [0.5, 0.6) is 17.2 Å². The molecule has 0 saturated carbocycles. The van der Waals surface area contributed by atoms with Crippen molar-refractivity contribution in [3.63, 3.8) is 0 Å². The van der Waals surface area contributed by atoms with Crippen molar-refractivity contribution in [3.8, 4) is 28.6 Å². The van der Waals surface area contributed by atoms with Crippen molar-refractivity contribution in [1.82, 2.24) is 4.90 Å². The van der Waals surface area contributed by atoms with Gasteiger partial charge in [0, 0.05) is 50.1 Å². The maximum absolute atomic E-state index is 13.7. The van der Waals surface area contributed by atoms with Gasteiger partial charge in [0.1, 0.15) is 30.1 Å². The SMILES string of the molecule is COc1c(OCc2ccccc2)cc(OCc2ccccc2)c2c(=O)cc(-c3ccc(N(C)CCCCN4CCOCC4)cc3)oc12. The molecule has 1 saturated heterocycles. The van der Waals surface area contributed by atoms with E-state index in [4.69, 9.17) is 23.4 Å². The number of unbranched alkanes of at least 4 members (excludes halogenated alkanes) is 1. The Morgan fingerprint density at radius 1 is 0.787 bits per heavy atom. The van der Waals surface area contributed by atoms with Gasteiger partial charge < -0.3 is 28.3 Å². The molecule has 244 valence electrons. The van der Waals surface area contributed by atoms with Gasteiger partial charge in [0.15, 0.2) is 16.8 Å². The van der Waals surface area contributed by atoms with Crippen molar-refractivity contribution in [2.45, 2.75) is 26.1 Å². The second-order valence-corrected chi connectivity index (χ2v) is 11.8. The first-order chi connectivity index (χ1) is 23.1. The molecule has 1 aliphatic heterocycles. The molecule has 47 heavy (non-hydrogen) atoms. The number of ether oxygens (including phenoxy) is 4. The third-order valence-corrected chi connectivity index (χ3v) is 8.48. The van der Waals surface area contributed by atoms with E-state index in [9.17, 15) is 4.79 Å². The van der Waals surface area contributed by atoms with Crippen LogP contribution in [0.25, 0.3) is 22.3 Å². The predicted molar refractivity (Wildman–Crippen MR) is 186 cm³/mol. The highest BCUT2D eigenvalue weighted by atomic mass is 16.5. The molecule has 8 nitrogen and oxygen atoms in total. The summed E-state index contributed by atoms with van der Waals surface area (Å²) in [6, 6.07) is 31.0. The van der Waals surface area contributed by atoms with E-state index in [1.807, 2.05) is 72.8 Å². The molecule has 2 heterocycles. The number of nitrogens with zero attached hydrogens (tertiary/aromatic N) is 2. The van der Waals surface area contributed by atoms with E-state index in [-0.39, 0.29) is 17.6 Å². The molecule has 0 amide bonds. The fourth-order valence-corrected chi connectivity index (χ4v) is 5.80. The molecule has 0 unspecified atom stereocenters.